The molecule has 1 N–H and O–H groups in total. The van der Waals surface area contributed by atoms with E-state index in [1.807, 2.05) is 0 Å². The molecule has 0 heterocycles. The van der Waals surface area contributed by atoms with E-state index in [0.29, 0.717) is 18.8 Å². The number of ether oxygens (including phenoxy) is 1. The van der Waals surface area contributed by atoms with Crippen LogP contribution in [0.25, 0.3) is 0 Å². The summed E-state index contributed by atoms with van der Waals surface area (Å²) in [5.41, 5.74) is 0. The quantitative estimate of drug-likeness (QED) is 0.303. The maximum atomic E-state index is 12.6. The highest BCUT2D eigenvalue weighted by atomic mass is 16.5. The molecule has 4 heteroatoms. The van der Waals surface area contributed by atoms with Crippen LogP contribution in [0.1, 0.15) is 105 Å². The molecule has 1 saturated carbocycles. The molecule has 0 aromatic carbocycles. The van der Waals surface area contributed by atoms with Crippen LogP contribution in [0.3, 0.4) is 0 Å². The van der Waals surface area contributed by atoms with E-state index in [0.717, 1.165) is 50.9 Å². The van der Waals surface area contributed by atoms with E-state index < -0.39 is 5.97 Å². The second-order valence-corrected chi connectivity index (χ2v) is 9.31. The molecule has 0 radical (unpaired) electrons. The third-order valence-electron chi connectivity index (χ3n) is 5.75. The Labute approximate surface area is 166 Å². The molecule has 4 nitrogen and oxygen atoms in total. The van der Waals surface area contributed by atoms with E-state index in [2.05, 4.69) is 27.7 Å². The number of hydrogen-bond donors (Lipinski definition) is 1. The summed E-state index contributed by atoms with van der Waals surface area (Å²) in [6, 6.07) is 0. The van der Waals surface area contributed by atoms with Crippen molar-refractivity contribution < 1.29 is 19.4 Å². The van der Waals surface area contributed by atoms with Crippen LogP contribution in [0.4, 0.5) is 0 Å². The van der Waals surface area contributed by atoms with Crippen LogP contribution in [0, 0.1) is 23.7 Å². The SMILES string of the molecule is CC(C)CCCCCC(CCCC(C)C)OC(=O)C1CCCC(C(=O)O)C1. The minimum Gasteiger partial charge on any atom is -0.481 e. The predicted octanol–water partition coefficient (Wildman–Crippen LogP) is 6.22. The summed E-state index contributed by atoms with van der Waals surface area (Å²) < 4.78 is 5.90. The van der Waals surface area contributed by atoms with Gasteiger partial charge in [-0.15, -0.1) is 0 Å². The highest BCUT2D eigenvalue weighted by Crippen LogP contribution is 2.31. The first-order valence-electron chi connectivity index (χ1n) is 11.2. The van der Waals surface area contributed by atoms with Gasteiger partial charge in [-0.1, -0.05) is 59.8 Å². The third kappa shape index (κ3) is 10.8. The second kappa shape index (κ2) is 13.2. The Bertz CT molecular complexity index is 430. The molecular weight excluding hydrogens is 340 g/mol. The number of carboxylic acids is 1. The maximum Gasteiger partial charge on any atom is 0.309 e. The molecule has 3 atom stereocenters. The van der Waals surface area contributed by atoms with Crippen LogP contribution in [0.5, 0.6) is 0 Å². The van der Waals surface area contributed by atoms with Gasteiger partial charge in [0.2, 0.25) is 0 Å². The van der Waals surface area contributed by atoms with E-state index >= 15 is 0 Å². The van der Waals surface area contributed by atoms with Gasteiger partial charge >= 0.3 is 11.9 Å². The number of carboxylic acid groups (broad SMARTS) is 1. The van der Waals surface area contributed by atoms with Crippen LogP contribution in [0.2, 0.25) is 0 Å². The summed E-state index contributed by atoms with van der Waals surface area (Å²) in [6.07, 6.45) is 11.6. The largest absolute Gasteiger partial charge is 0.481 e. The molecule has 1 fully saturated rings. The molecule has 0 saturated heterocycles. The minimum absolute atomic E-state index is 0.000467. The predicted molar refractivity (Wildman–Crippen MR) is 110 cm³/mol. The number of carbonyl (C=O) groups is 2. The van der Waals surface area contributed by atoms with Crippen LogP contribution >= 0.6 is 0 Å². The smallest absolute Gasteiger partial charge is 0.309 e. The van der Waals surface area contributed by atoms with Crippen LogP contribution in [-0.4, -0.2) is 23.1 Å². The van der Waals surface area contributed by atoms with E-state index in [-0.39, 0.29) is 23.9 Å². The van der Waals surface area contributed by atoms with Crippen molar-refractivity contribution in [3.8, 4) is 0 Å². The zero-order valence-corrected chi connectivity index (χ0v) is 18.0. The Morgan fingerprint density at radius 3 is 2.04 bits per heavy atom. The van der Waals surface area contributed by atoms with Gasteiger partial charge in [-0.25, -0.2) is 0 Å². The highest BCUT2D eigenvalue weighted by molar-refractivity contribution is 5.75. The number of rotatable bonds is 13. The summed E-state index contributed by atoms with van der Waals surface area (Å²) in [6.45, 7) is 8.96. The topological polar surface area (TPSA) is 63.6 Å². The molecule has 0 aromatic rings. The molecule has 0 aromatic heterocycles. The van der Waals surface area contributed by atoms with E-state index in [4.69, 9.17) is 4.74 Å². The summed E-state index contributed by atoms with van der Waals surface area (Å²) in [7, 11) is 0. The number of hydrogen-bond acceptors (Lipinski definition) is 3. The molecule has 3 unspecified atom stereocenters. The molecule has 1 rings (SSSR count). The molecule has 0 spiro atoms. The minimum atomic E-state index is -0.772. The lowest BCUT2D eigenvalue weighted by molar-refractivity contribution is -0.158. The summed E-state index contributed by atoms with van der Waals surface area (Å²) >= 11 is 0. The van der Waals surface area contributed by atoms with Crippen molar-refractivity contribution in [1.29, 1.82) is 0 Å². The first-order chi connectivity index (χ1) is 12.8. The van der Waals surface area contributed by atoms with Gasteiger partial charge in [0, 0.05) is 0 Å². The lowest BCUT2D eigenvalue weighted by Gasteiger charge is -2.27. The lowest BCUT2D eigenvalue weighted by atomic mass is 9.81. The number of esters is 1. The standard InChI is InChI=1S/C23H42O4/c1-17(2)10-6-5-7-14-21(15-8-11-18(3)4)27-23(26)20-13-9-12-19(16-20)22(24)25/h17-21H,5-16H2,1-4H3,(H,24,25). The fraction of sp³-hybridized carbons (Fsp3) is 0.913. The summed E-state index contributed by atoms with van der Waals surface area (Å²) in [5, 5.41) is 9.24. The molecule has 158 valence electrons. The fourth-order valence-corrected chi connectivity index (χ4v) is 4.01. The maximum absolute atomic E-state index is 12.6. The molecule has 1 aliphatic carbocycles. The molecule has 0 bridgehead atoms. The number of carbonyl (C=O) groups excluding carboxylic acids is 1. The zero-order chi connectivity index (χ0) is 20.2. The van der Waals surface area contributed by atoms with E-state index in [1.165, 1.54) is 19.3 Å². The van der Waals surface area contributed by atoms with Gasteiger partial charge in [-0.3, -0.25) is 9.59 Å². The monoisotopic (exact) mass is 382 g/mol. The Morgan fingerprint density at radius 2 is 1.41 bits per heavy atom. The van der Waals surface area contributed by atoms with Gasteiger partial charge < -0.3 is 9.84 Å². The fourth-order valence-electron chi connectivity index (χ4n) is 4.01. The second-order valence-electron chi connectivity index (χ2n) is 9.31. The third-order valence-corrected chi connectivity index (χ3v) is 5.75. The van der Waals surface area contributed by atoms with Crippen LogP contribution < -0.4 is 0 Å². The Morgan fingerprint density at radius 1 is 0.852 bits per heavy atom. The van der Waals surface area contributed by atoms with Gasteiger partial charge in [0.1, 0.15) is 6.10 Å². The molecular formula is C23H42O4. The van der Waals surface area contributed by atoms with Gasteiger partial charge in [-0.05, 0) is 56.8 Å². The van der Waals surface area contributed by atoms with Crippen LogP contribution in [0.15, 0.2) is 0 Å². The molecule has 0 aliphatic heterocycles. The van der Waals surface area contributed by atoms with Crippen molar-refractivity contribution in [3.05, 3.63) is 0 Å². The van der Waals surface area contributed by atoms with Gasteiger partial charge in [0.05, 0.1) is 11.8 Å². The number of aliphatic carboxylic acids is 1. The summed E-state index contributed by atoms with van der Waals surface area (Å²) in [5.74, 6) is -0.121. The molecule has 27 heavy (non-hydrogen) atoms. The van der Waals surface area contributed by atoms with Crippen molar-refractivity contribution in [3.63, 3.8) is 0 Å². The lowest BCUT2D eigenvalue weighted by Crippen LogP contribution is -2.31. The zero-order valence-electron chi connectivity index (χ0n) is 18.0. The van der Waals surface area contributed by atoms with Crippen molar-refractivity contribution in [2.24, 2.45) is 23.7 Å². The van der Waals surface area contributed by atoms with Gasteiger partial charge in [0.15, 0.2) is 0 Å². The van der Waals surface area contributed by atoms with Gasteiger partial charge in [-0.2, -0.15) is 0 Å². The average molecular weight is 383 g/mol. The van der Waals surface area contributed by atoms with E-state index in [1.54, 1.807) is 0 Å². The Hall–Kier alpha value is -1.06. The van der Waals surface area contributed by atoms with Crippen molar-refractivity contribution >= 4 is 11.9 Å². The number of unbranched alkanes of at least 4 members (excludes halogenated alkanes) is 2. The van der Waals surface area contributed by atoms with E-state index in [9.17, 15) is 14.7 Å². The first kappa shape index (κ1) is 24.0. The Kier molecular flexibility index (Phi) is 11.7. The Balaban J connectivity index is 2.47. The average Bonchev–Trinajstić information content (AvgIpc) is 2.60. The van der Waals surface area contributed by atoms with Crippen LogP contribution in [-0.2, 0) is 14.3 Å². The summed E-state index contributed by atoms with van der Waals surface area (Å²) in [4.78, 5) is 23.9. The van der Waals surface area contributed by atoms with Gasteiger partial charge in [0.25, 0.3) is 0 Å². The van der Waals surface area contributed by atoms with Crippen molar-refractivity contribution in [1.82, 2.24) is 0 Å². The molecule has 0 amide bonds. The first-order valence-corrected chi connectivity index (χ1v) is 11.2. The van der Waals surface area contributed by atoms with Crippen molar-refractivity contribution in [2.75, 3.05) is 0 Å². The highest BCUT2D eigenvalue weighted by Gasteiger charge is 2.32. The normalized spacial score (nSPS) is 21.4. The molecule has 1 aliphatic rings. The van der Waals surface area contributed by atoms with Crippen molar-refractivity contribution in [2.45, 2.75) is 111 Å².